The Hall–Kier alpha value is -4.30. The number of hydrogen-bond acceptors (Lipinski definition) is 8. The summed E-state index contributed by atoms with van der Waals surface area (Å²) in [5.41, 5.74) is -7.67. The van der Waals surface area contributed by atoms with Crippen molar-refractivity contribution in [2.75, 3.05) is 0 Å². The monoisotopic (exact) mass is 565 g/mol. The Labute approximate surface area is 219 Å². The van der Waals surface area contributed by atoms with Gasteiger partial charge in [-0.3, -0.25) is 9.59 Å². The normalized spacial score (nSPS) is 18.8. The first-order valence-electron chi connectivity index (χ1n) is 11.0. The van der Waals surface area contributed by atoms with Crippen molar-refractivity contribution >= 4 is 45.5 Å². The maximum absolute atomic E-state index is 13.2. The molecule has 0 aromatic heterocycles. The number of aryl methyl sites for hydroxylation is 2. The predicted octanol–water partition coefficient (Wildman–Crippen LogP) is 3.79. The molecule has 2 aliphatic rings. The molecule has 2 amide bonds. The Bertz CT molecular complexity index is 1640. The van der Waals surface area contributed by atoms with Crippen LogP contribution in [0.3, 0.4) is 0 Å². The van der Waals surface area contributed by atoms with Crippen molar-refractivity contribution in [1.82, 2.24) is 5.06 Å². The molecule has 0 spiro atoms. The summed E-state index contributed by atoms with van der Waals surface area (Å²) in [6, 6.07) is 6.60. The molecule has 10 nitrogen and oxygen atoms in total. The van der Waals surface area contributed by atoms with Crippen LogP contribution in [-0.2, 0) is 23.9 Å². The number of rotatable bonds is 5. The number of carboxylic acid groups (broad SMARTS) is 1. The van der Waals surface area contributed by atoms with Crippen LogP contribution < -0.4 is 0 Å². The number of carboxylic acids is 1. The van der Waals surface area contributed by atoms with E-state index in [4.69, 9.17) is 4.74 Å². The van der Waals surface area contributed by atoms with Crippen molar-refractivity contribution in [1.29, 1.82) is 0 Å². The van der Waals surface area contributed by atoms with E-state index in [0.29, 0.717) is 0 Å². The third-order valence-corrected chi connectivity index (χ3v) is 6.92. The number of carbonyl (C=O) groups is 4. The zero-order valence-electron chi connectivity index (χ0n) is 20.3. The largest absolute Gasteiger partial charge is 0.525 e. The number of hydrogen-bond donors (Lipinski definition) is 1. The summed E-state index contributed by atoms with van der Waals surface area (Å²) in [6.45, 7) is 4.31. The van der Waals surface area contributed by atoms with Crippen LogP contribution in [0.4, 0.5) is 13.2 Å². The van der Waals surface area contributed by atoms with Gasteiger partial charge in [0, 0.05) is 5.56 Å². The molecule has 1 unspecified atom stereocenters. The van der Waals surface area contributed by atoms with Crippen molar-refractivity contribution in [2.45, 2.75) is 31.9 Å². The predicted molar refractivity (Wildman–Crippen MR) is 127 cm³/mol. The lowest BCUT2D eigenvalue weighted by molar-refractivity contribution is -0.144. The van der Waals surface area contributed by atoms with Gasteiger partial charge in [0.1, 0.15) is 5.60 Å². The fourth-order valence-electron chi connectivity index (χ4n) is 4.12. The van der Waals surface area contributed by atoms with Crippen molar-refractivity contribution < 1.29 is 54.9 Å². The fourth-order valence-corrected chi connectivity index (χ4v) is 4.54. The highest BCUT2D eigenvalue weighted by atomic mass is 32.2. The first-order chi connectivity index (χ1) is 18.0. The average molecular weight is 565 g/mol. The van der Waals surface area contributed by atoms with Gasteiger partial charge in [-0.15, -0.1) is 9.35 Å². The van der Waals surface area contributed by atoms with Gasteiger partial charge in [0.05, 0.1) is 22.3 Å². The summed E-state index contributed by atoms with van der Waals surface area (Å²) in [5.74, 6) is -5.09. The highest BCUT2D eigenvalue weighted by molar-refractivity contribution is 7.87. The van der Waals surface area contributed by atoms with Gasteiger partial charge < -0.3 is 9.84 Å². The maximum atomic E-state index is 13.2. The first kappa shape index (κ1) is 27.7. The van der Waals surface area contributed by atoms with Crippen LogP contribution in [0.15, 0.2) is 42.5 Å². The van der Waals surface area contributed by atoms with Crippen LogP contribution in [0.5, 0.6) is 0 Å². The number of nitrogens with zero attached hydrogens (tertiary/aromatic N) is 1. The third kappa shape index (κ3) is 4.83. The number of alkyl halides is 3. The second-order valence-electron chi connectivity index (χ2n) is 8.90. The fraction of sp³-hybridized carbons (Fsp3) is 0.200. The molecule has 0 bridgehead atoms. The SMILES string of the molecule is Cc1cc(C(=O)OC2(C)C=Cc3cccc4c3C(=C2)C(=O)N(OS(=O)(=O)C(F)(F)F)C4=O)c(C)cc1C(=O)O. The zero-order chi connectivity index (χ0) is 29.1. The molecule has 1 heterocycles. The van der Waals surface area contributed by atoms with Crippen LogP contribution in [0.1, 0.15) is 60.3 Å². The molecule has 0 fully saturated rings. The Balaban J connectivity index is 1.79. The minimum absolute atomic E-state index is 0.0133. The van der Waals surface area contributed by atoms with Gasteiger partial charge in [0.25, 0.3) is 11.8 Å². The number of ether oxygens (including phenoxy) is 1. The quantitative estimate of drug-likeness (QED) is 0.325. The second kappa shape index (κ2) is 9.17. The molecule has 2 aromatic rings. The topological polar surface area (TPSA) is 144 Å². The van der Waals surface area contributed by atoms with E-state index in [1.165, 1.54) is 57.2 Å². The average Bonchev–Trinajstić information content (AvgIpc) is 2.98. The van der Waals surface area contributed by atoms with Gasteiger partial charge in [0.2, 0.25) is 0 Å². The van der Waals surface area contributed by atoms with E-state index in [1.54, 1.807) is 0 Å². The molecule has 4 rings (SSSR count). The van der Waals surface area contributed by atoms with Gasteiger partial charge in [-0.25, -0.2) is 9.59 Å². The molecule has 1 aliphatic carbocycles. The minimum Gasteiger partial charge on any atom is -0.478 e. The number of hydroxylamine groups is 2. The Morgan fingerprint density at radius 1 is 1.03 bits per heavy atom. The van der Waals surface area contributed by atoms with Crippen LogP contribution in [0, 0.1) is 13.8 Å². The van der Waals surface area contributed by atoms with Crippen molar-refractivity contribution in [3.05, 3.63) is 81.4 Å². The van der Waals surface area contributed by atoms with E-state index in [9.17, 15) is 45.9 Å². The van der Waals surface area contributed by atoms with Crippen LogP contribution in [0.25, 0.3) is 11.6 Å². The van der Waals surface area contributed by atoms with E-state index < -0.39 is 55.6 Å². The summed E-state index contributed by atoms with van der Waals surface area (Å²) >= 11 is 0. The van der Waals surface area contributed by atoms with Gasteiger partial charge in [0.15, 0.2) is 0 Å². The summed E-state index contributed by atoms with van der Waals surface area (Å²) in [7, 11) is -6.39. The van der Waals surface area contributed by atoms with Gasteiger partial charge >= 0.3 is 27.6 Å². The molecule has 2 aromatic carbocycles. The summed E-state index contributed by atoms with van der Waals surface area (Å²) in [4.78, 5) is 50.5. The molecule has 14 heteroatoms. The van der Waals surface area contributed by atoms with Gasteiger partial charge in [-0.2, -0.15) is 21.6 Å². The van der Waals surface area contributed by atoms with Crippen LogP contribution in [0.2, 0.25) is 0 Å². The minimum atomic E-state index is -6.39. The molecule has 0 saturated carbocycles. The molecular weight excluding hydrogens is 547 g/mol. The number of imide groups is 1. The molecule has 204 valence electrons. The molecule has 0 radical (unpaired) electrons. The second-order valence-corrected chi connectivity index (χ2v) is 10.4. The number of halogens is 3. The lowest BCUT2D eigenvalue weighted by Crippen LogP contribution is -2.45. The Kier molecular flexibility index (Phi) is 6.52. The van der Waals surface area contributed by atoms with Crippen molar-refractivity contribution in [3.8, 4) is 0 Å². The molecule has 1 N–H and O–H groups in total. The number of benzene rings is 2. The summed E-state index contributed by atoms with van der Waals surface area (Å²) in [6.07, 6.45) is 3.83. The number of esters is 1. The van der Waals surface area contributed by atoms with Crippen molar-refractivity contribution in [2.24, 2.45) is 0 Å². The molecule has 1 atom stereocenters. The molecule has 0 saturated heterocycles. The number of amides is 2. The van der Waals surface area contributed by atoms with E-state index in [0.717, 1.165) is 12.1 Å². The smallest absolute Gasteiger partial charge is 0.478 e. The maximum Gasteiger partial charge on any atom is 0.525 e. The summed E-state index contributed by atoms with van der Waals surface area (Å²) < 4.78 is 71.5. The van der Waals surface area contributed by atoms with E-state index in [2.05, 4.69) is 4.28 Å². The highest BCUT2D eigenvalue weighted by Gasteiger charge is 2.52. The Morgan fingerprint density at radius 3 is 2.26 bits per heavy atom. The van der Waals surface area contributed by atoms with Gasteiger partial charge in [-0.05, 0) is 67.8 Å². The lowest BCUT2D eigenvalue weighted by atomic mass is 9.89. The van der Waals surface area contributed by atoms with Crippen molar-refractivity contribution in [3.63, 3.8) is 0 Å². The van der Waals surface area contributed by atoms with Crippen LogP contribution in [-0.4, -0.2) is 53.4 Å². The Morgan fingerprint density at radius 2 is 1.64 bits per heavy atom. The zero-order valence-corrected chi connectivity index (χ0v) is 21.1. The van der Waals surface area contributed by atoms with E-state index in [1.807, 2.05) is 0 Å². The standard InChI is InChI=1S/C25H18F3NO9S/c1-12-10-17(13(2)9-16(12)22(32)33)23(34)37-24(3)8-7-14-5-4-6-15-19(14)18(11-24)21(31)29(20(15)30)38-39(35,36)25(26,27)28/h4-11H,1-3H3,(H,32,33). The molecule has 39 heavy (non-hydrogen) atoms. The van der Waals surface area contributed by atoms with E-state index >= 15 is 0 Å². The molecule has 1 aliphatic heterocycles. The first-order valence-corrected chi connectivity index (χ1v) is 12.4. The van der Waals surface area contributed by atoms with Gasteiger partial charge in [-0.1, -0.05) is 18.2 Å². The molecular formula is C25H18F3NO9S. The number of carbonyl (C=O) groups excluding carboxylic acids is 3. The van der Waals surface area contributed by atoms with E-state index in [-0.39, 0.29) is 38.9 Å². The highest BCUT2D eigenvalue weighted by Crippen LogP contribution is 2.39. The number of aromatic carboxylic acids is 1. The lowest BCUT2D eigenvalue weighted by Gasteiger charge is -2.29. The summed E-state index contributed by atoms with van der Waals surface area (Å²) in [5, 5.41) is 8.79. The third-order valence-electron chi connectivity index (χ3n) is 6.01. The van der Waals surface area contributed by atoms with Crippen LogP contribution >= 0.6 is 0 Å².